The summed E-state index contributed by atoms with van der Waals surface area (Å²) in [5.74, 6) is 0. The molecule has 1 unspecified atom stereocenters. The zero-order valence-electron chi connectivity index (χ0n) is 9.08. The first kappa shape index (κ1) is 12.2. The summed E-state index contributed by atoms with van der Waals surface area (Å²) in [5.41, 5.74) is 5.43. The fourth-order valence-corrected chi connectivity index (χ4v) is 2.62. The molecule has 0 saturated heterocycles. The number of likely N-dealkylation sites (N-methyl/N-ethyl adjacent to an activating group) is 1. The van der Waals surface area contributed by atoms with Crippen LogP contribution in [-0.2, 0) is 17.1 Å². The van der Waals surface area contributed by atoms with E-state index in [1.807, 2.05) is 0 Å². The monoisotopic (exact) mass is 232 g/mol. The van der Waals surface area contributed by atoms with E-state index >= 15 is 0 Å². The molecule has 7 heteroatoms. The van der Waals surface area contributed by atoms with Gasteiger partial charge in [-0.1, -0.05) is 0 Å². The molecule has 1 atom stereocenters. The second kappa shape index (κ2) is 4.30. The van der Waals surface area contributed by atoms with Crippen LogP contribution in [0.4, 0.5) is 0 Å². The number of aromatic nitrogens is 2. The van der Waals surface area contributed by atoms with Crippen LogP contribution in [0.3, 0.4) is 0 Å². The first-order chi connectivity index (χ1) is 6.91. The molecule has 0 amide bonds. The third-order valence-electron chi connectivity index (χ3n) is 2.38. The minimum atomic E-state index is -3.48. The lowest BCUT2D eigenvalue weighted by molar-refractivity contribution is 0.390. The lowest BCUT2D eigenvalue weighted by Crippen LogP contribution is -2.40. The van der Waals surface area contributed by atoms with Crippen LogP contribution in [-0.4, -0.2) is 42.1 Å². The maximum Gasteiger partial charge on any atom is 0.260 e. The second-order valence-electron chi connectivity index (χ2n) is 3.40. The molecular weight excluding hydrogens is 216 g/mol. The molecule has 86 valence electrons. The van der Waals surface area contributed by atoms with Gasteiger partial charge in [-0.15, -0.1) is 0 Å². The standard InChI is InChI=1S/C8H16N4O2S/c1-7(6-9)12(3)15(13,14)8-4-5-10-11(8)2/h4-5,7H,6,9H2,1-3H3. The number of sulfonamides is 1. The van der Waals surface area contributed by atoms with Crippen LogP contribution in [0.25, 0.3) is 0 Å². The van der Waals surface area contributed by atoms with Gasteiger partial charge in [-0.05, 0) is 13.0 Å². The van der Waals surface area contributed by atoms with Crippen molar-refractivity contribution < 1.29 is 8.42 Å². The summed E-state index contributed by atoms with van der Waals surface area (Å²) in [6.45, 7) is 2.04. The van der Waals surface area contributed by atoms with Gasteiger partial charge in [0.25, 0.3) is 10.0 Å². The van der Waals surface area contributed by atoms with E-state index in [1.54, 1.807) is 14.0 Å². The van der Waals surface area contributed by atoms with Crippen LogP contribution in [0.15, 0.2) is 17.3 Å². The smallest absolute Gasteiger partial charge is 0.260 e. The highest BCUT2D eigenvalue weighted by Gasteiger charge is 2.26. The molecule has 0 saturated carbocycles. The normalized spacial score (nSPS) is 14.5. The van der Waals surface area contributed by atoms with Crippen molar-refractivity contribution in [3.63, 3.8) is 0 Å². The van der Waals surface area contributed by atoms with Gasteiger partial charge in [-0.3, -0.25) is 4.68 Å². The Kier molecular flexibility index (Phi) is 3.48. The van der Waals surface area contributed by atoms with Crippen molar-refractivity contribution in [2.45, 2.75) is 18.0 Å². The van der Waals surface area contributed by atoms with Gasteiger partial charge in [0.2, 0.25) is 0 Å². The molecule has 0 bridgehead atoms. The predicted octanol–water partition coefficient (Wildman–Crippen LogP) is -0.612. The number of nitrogens with zero attached hydrogens (tertiary/aromatic N) is 3. The lowest BCUT2D eigenvalue weighted by Gasteiger charge is -2.22. The second-order valence-corrected chi connectivity index (χ2v) is 5.34. The van der Waals surface area contributed by atoms with Gasteiger partial charge >= 0.3 is 0 Å². The third kappa shape index (κ3) is 2.19. The Morgan fingerprint density at radius 2 is 2.27 bits per heavy atom. The molecule has 2 N–H and O–H groups in total. The molecule has 1 heterocycles. The zero-order chi connectivity index (χ0) is 11.6. The Labute approximate surface area is 89.7 Å². The van der Waals surface area contributed by atoms with Gasteiger partial charge in [0.1, 0.15) is 0 Å². The number of hydrogen-bond acceptors (Lipinski definition) is 4. The van der Waals surface area contributed by atoms with Crippen molar-refractivity contribution >= 4 is 10.0 Å². The first-order valence-electron chi connectivity index (χ1n) is 4.57. The van der Waals surface area contributed by atoms with E-state index in [0.29, 0.717) is 0 Å². The SMILES string of the molecule is CC(CN)N(C)S(=O)(=O)c1ccnn1C. The van der Waals surface area contributed by atoms with Crippen LogP contribution >= 0.6 is 0 Å². The molecule has 0 fully saturated rings. The van der Waals surface area contributed by atoms with Crippen LogP contribution in [0.5, 0.6) is 0 Å². The van der Waals surface area contributed by atoms with Crippen LogP contribution in [0, 0.1) is 0 Å². The van der Waals surface area contributed by atoms with Crippen molar-refractivity contribution in [1.29, 1.82) is 0 Å². The van der Waals surface area contributed by atoms with Gasteiger partial charge in [0.15, 0.2) is 5.03 Å². The van der Waals surface area contributed by atoms with E-state index in [0.717, 1.165) is 0 Å². The average Bonchev–Trinajstić information content (AvgIpc) is 2.62. The van der Waals surface area contributed by atoms with Gasteiger partial charge in [0, 0.05) is 26.7 Å². The quantitative estimate of drug-likeness (QED) is 0.750. The van der Waals surface area contributed by atoms with Gasteiger partial charge < -0.3 is 5.73 Å². The molecule has 6 nitrogen and oxygen atoms in total. The molecule has 15 heavy (non-hydrogen) atoms. The minimum Gasteiger partial charge on any atom is -0.329 e. The van der Waals surface area contributed by atoms with Crippen LogP contribution in [0.1, 0.15) is 6.92 Å². The number of nitrogens with two attached hydrogens (primary N) is 1. The van der Waals surface area contributed by atoms with Gasteiger partial charge in [0.05, 0.1) is 6.20 Å². The fourth-order valence-electron chi connectivity index (χ4n) is 1.15. The van der Waals surface area contributed by atoms with Crippen molar-refractivity contribution in [1.82, 2.24) is 14.1 Å². The maximum atomic E-state index is 12.0. The summed E-state index contributed by atoms with van der Waals surface area (Å²) in [6, 6.07) is 1.24. The Balaban J connectivity index is 3.09. The molecule has 0 aromatic carbocycles. The largest absolute Gasteiger partial charge is 0.329 e. The average molecular weight is 232 g/mol. The summed E-state index contributed by atoms with van der Waals surface area (Å²) in [7, 11) is -0.379. The van der Waals surface area contributed by atoms with E-state index in [4.69, 9.17) is 5.73 Å². The Morgan fingerprint density at radius 3 is 2.67 bits per heavy atom. The molecule has 0 aliphatic rings. The Bertz CT molecular complexity index is 426. The molecule has 0 aliphatic heterocycles. The predicted molar refractivity (Wildman–Crippen MR) is 56.7 cm³/mol. The Hall–Kier alpha value is -0.920. The number of rotatable bonds is 4. The molecular formula is C8H16N4O2S. The zero-order valence-corrected chi connectivity index (χ0v) is 9.90. The Morgan fingerprint density at radius 1 is 1.67 bits per heavy atom. The molecule has 1 aromatic rings. The maximum absolute atomic E-state index is 12.0. The molecule has 0 spiro atoms. The van der Waals surface area contributed by atoms with Crippen LogP contribution < -0.4 is 5.73 Å². The molecule has 1 rings (SSSR count). The molecule has 0 radical (unpaired) electrons. The fraction of sp³-hybridized carbons (Fsp3) is 0.625. The third-order valence-corrected chi connectivity index (χ3v) is 4.43. The van der Waals surface area contributed by atoms with Crippen molar-refractivity contribution in [3.8, 4) is 0 Å². The van der Waals surface area contributed by atoms with Crippen molar-refractivity contribution in [3.05, 3.63) is 12.3 Å². The highest BCUT2D eigenvalue weighted by Crippen LogP contribution is 2.14. The minimum absolute atomic E-state index is 0.172. The van der Waals surface area contributed by atoms with E-state index < -0.39 is 10.0 Å². The highest BCUT2D eigenvalue weighted by atomic mass is 32.2. The first-order valence-corrected chi connectivity index (χ1v) is 6.01. The van der Waals surface area contributed by atoms with E-state index in [2.05, 4.69) is 5.10 Å². The van der Waals surface area contributed by atoms with E-state index in [-0.39, 0.29) is 17.6 Å². The summed E-state index contributed by atoms with van der Waals surface area (Å²) < 4.78 is 26.6. The number of aryl methyl sites for hydroxylation is 1. The van der Waals surface area contributed by atoms with E-state index in [9.17, 15) is 8.42 Å². The summed E-state index contributed by atoms with van der Waals surface area (Å²) in [5, 5.41) is 4.00. The molecule has 1 aromatic heterocycles. The number of hydrogen-bond donors (Lipinski definition) is 1. The van der Waals surface area contributed by atoms with Crippen molar-refractivity contribution in [2.24, 2.45) is 12.8 Å². The highest BCUT2D eigenvalue weighted by molar-refractivity contribution is 7.89. The van der Waals surface area contributed by atoms with Gasteiger partial charge in [-0.25, -0.2) is 8.42 Å². The van der Waals surface area contributed by atoms with Gasteiger partial charge in [-0.2, -0.15) is 9.40 Å². The molecule has 0 aliphatic carbocycles. The van der Waals surface area contributed by atoms with E-state index in [1.165, 1.54) is 28.3 Å². The lowest BCUT2D eigenvalue weighted by atomic mass is 10.4. The summed E-state index contributed by atoms with van der Waals surface area (Å²) in [4.78, 5) is 0. The van der Waals surface area contributed by atoms with Crippen LogP contribution in [0.2, 0.25) is 0 Å². The summed E-state index contributed by atoms with van der Waals surface area (Å²) >= 11 is 0. The topological polar surface area (TPSA) is 81.2 Å². The van der Waals surface area contributed by atoms with Crippen molar-refractivity contribution in [2.75, 3.05) is 13.6 Å². The summed E-state index contributed by atoms with van der Waals surface area (Å²) in [6.07, 6.45) is 1.45.